The standard InChI is InChI=1S/C23H28ClNO11/c1-11-8-16(24)6-7-17(11)32-10-19(30)36-23-20(25-12(2)26)22(34-15(5)29)21(33-14(4)28)18(35-23)9-31-13(3)27/h6-8,18,20-23H,9-10H2,1-5H3,(H,25,26)/t18-,20-,21+,22-,23+/m0/s1. The molecule has 1 aliphatic rings. The number of carbonyl (C=O) groups is 5. The van der Waals surface area contributed by atoms with Crippen LogP contribution >= 0.6 is 11.6 Å². The second kappa shape index (κ2) is 13.1. The largest absolute Gasteiger partial charge is 0.482 e. The van der Waals surface area contributed by atoms with Crippen molar-refractivity contribution in [2.75, 3.05) is 13.2 Å². The monoisotopic (exact) mass is 529 g/mol. The van der Waals surface area contributed by atoms with Crippen LogP contribution in [0.2, 0.25) is 5.02 Å². The van der Waals surface area contributed by atoms with Crippen LogP contribution in [0.25, 0.3) is 0 Å². The van der Waals surface area contributed by atoms with Gasteiger partial charge in [0.15, 0.2) is 18.8 Å². The Labute approximate surface area is 212 Å². The van der Waals surface area contributed by atoms with E-state index in [1.807, 2.05) is 0 Å². The first-order valence-electron chi connectivity index (χ1n) is 10.9. The molecule has 1 fully saturated rings. The van der Waals surface area contributed by atoms with Crippen molar-refractivity contribution in [2.24, 2.45) is 0 Å². The minimum atomic E-state index is -1.52. The molecule has 13 heteroatoms. The Balaban J connectivity index is 2.29. The molecule has 0 radical (unpaired) electrons. The highest BCUT2D eigenvalue weighted by Crippen LogP contribution is 2.28. The lowest BCUT2D eigenvalue weighted by atomic mass is 9.96. The van der Waals surface area contributed by atoms with Crippen LogP contribution in [-0.2, 0) is 47.7 Å². The maximum Gasteiger partial charge on any atom is 0.346 e. The first kappa shape index (κ1) is 28.9. The predicted octanol–water partition coefficient (Wildman–Crippen LogP) is 1.23. The highest BCUT2D eigenvalue weighted by Gasteiger charge is 2.52. The highest BCUT2D eigenvalue weighted by atomic mass is 35.5. The fraction of sp³-hybridized carbons (Fsp3) is 0.522. The summed E-state index contributed by atoms with van der Waals surface area (Å²) in [6, 6.07) is 3.55. The van der Waals surface area contributed by atoms with Crippen molar-refractivity contribution in [3.8, 4) is 5.75 Å². The van der Waals surface area contributed by atoms with Crippen LogP contribution in [0, 0.1) is 6.92 Å². The molecule has 1 saturated heterocycles. The van der Waals surface area contributed by atoms with Gasteiger partial charge in [0.1, 0.15) is 24.5 Å². The Morgan fingerprint density at radius 3 is 2.14 bits per heavy atom. The van der Waals surface area contributed by atoms with E-state index in [1.165, 1.54) is 6.92 Å². The fourth-order valence-corrected chi connectivity index (χ4v) is 3.69. The van der Waals surface area contributed by atoms with Gasteiger partial charge in [0.05, 0.1) is 0 Å². The van der Waals surface area contributed by atoms with Crippen molar-refractivity contribution in [1.82, 2.24) is 5.32 Å². The lowest BCUT2D eigenvalue weighted by Crippen LogP contribution is -2.66. The van der Waals surface area contributed by atoms with E-state index < -0.39 is 73.6 Å². The van der Waals surface area contributed by atoms with E-state index >= 15 is 0 Å². The number of benzene rings is 1. The molecular formula is C23H28ClNO11. The van der Waals surface area contributed by atoms with Gasteiger partial charge in [-0.15, -0.1) is 0 Å². The maximum atomic E-state index is 12.6. The second-order valence-electron chi connectivity index (χ2n) is 7.91. The summed E-state index contributed by atoms with van der Waals surface area (Å²) >= 11 is 5.92. The SMILES string of the molecule is CC(=O)N[C@@H]1[C@@H](OC(=O)COc2ccc(Cl)cc2C)O[C@@H](COC(C)=O)[C@@H](OC(C)=O)[C@H]1OC(C)=O. The Bertz CT molecular complexity index is 998. The van der Waals surface area contributed by atoms with Gasteiger partial charge in [-0.25, -0.2) is 4.79 Å². The van der Waals surface area contributed by atoms with E-state index in [-0.39, 0.29) is 0 Å². The van der Waals surface area contributed by atoms with Crippen LogP contribution < -0.4 is 10.1 Å². The van der Waals surface area contributed by atoms with Gasteiger partial charge in [-0.2, -0.15) is 0 Å². The van der Waals surface area contributed by atoms with Crippen molar-refractivity contribution >= 4 is 41.4 Å². The number of esters is 4. The van der Waals surface area contributed by atoms with Gasteiger partial charge >= 0.3 is 23.9 Å². The zero-order valence-electron chi connectivity index (χ0n) is 20.4. The summed E-state index contributed by atoms with van der Waals surface area (Å²) in [5, 5.41) is 2.99. The minimum absolute atomic E-state index is 0.389. The smallest absolute Gasteiger partial charge is 0.346 e. The van der Waals surface area contributed by atoms with Crippen LogP contribution in [0.1, 0.15) is 33.3 Å². The summed E-state index contributed by atoms with van der Waals surface area (Å²) in [6.07, 6.45) is -5.37. The van der Waals surface area contributed by atoms with E-state index in [4.69, 9.17) is 40.0 Å². The Hall–Kier alpha value is -3.38. The lowest BCUT2D eigenvalue weighted by Gasteiger charge is -2.44. The molecule has 0 saturated carbocycles. The highest BCUT2D eigenvalue weighted by molar-refractivity contribution is 6.30. The molecule has 5 atom stereocenters. The van der Waals surface area contributed by atoms with Crippen LogP contribution in [0.4, 0.5) is 0 Å². The van der Waals surface area contributed by atoms with E-state index in [2.05, 4.69) is 5.32 Å². The Morgan fingerprint density at radius 1 is 0.944 bits per heavy atom. The fourth-order valence-electron chi connectivity index (χ4n) is 3.47. The number of halogens is 1. The number of ether oxygens (including phenoxy) is 6. The van der Waals surface area contributed by atoms with Gasteiger partial charge in [0, 0.05) is 32.7 Å². The van der Waals surface area contributed by atoms with E-state index in [9.17, 15) is 24.0 Å². The van der Waals surface area contributed by atoms with Crippen molar-refractivity contribution in [1.29, 1.82) is 0 Å². The average molecular weight is 530 g/mol. The van der Waals surface area contributed by atoms with Crippen molar-refractivity contribution in [3.63, 3.8) is 0 Å². The maximum absolute atomic E-state index is 12.6. The summed E-state index contributed by atoms with van der Waals surface area (Å²) in [5.74, 6) is -3.25. The summed E-state index contributed by atoms with van der Waals surface area (Å²) in [5.41, 5.74) is 0.681. The van der Waals surface area contributed by atoms with E-state index in [0.29, 0.717) is 16.3 Å². The molecule has 0 spiro atoms. The molecule has 2 rings (SSSR count). The summed E-state index contributed by atoms with van der Waals surface area (Å²) in [6.45, 7) is 5.34. The Kier molecular flexibility index (Phi) is 10.5. The molecule has 1 amide bonds. The van der Waals surface area contributed by atoms with Gasteiger partial charge in [0.25, 0.3) is 0 Å². The van der Waals surface area contributed by atoms with Crippen molar-refractivity contribution in [3.05, 3.63) is 28.8 Å². The summed E-state index contributed by atoms with van der Waals surface area (Å²) in [7, 11) is 0. The Morgan fingerprint density at radius 2 is 1.58 bits per heavy atom. The number of nitrogens with one attached hydrogen (secondary N) is 1. The van der Waals surface area contributed by atoms with Gasteiger partial charge in [-0.05, 0) is 30.7 Å². The molecule has 0 aromatic heterocycles. The first-order chi connectivity index (χ1) is 16.9. The van der Waals surface area contributed by atoms with Gasteiger partial charge in [-0.1, -0.05) is 11.6 Å². The molecule has 0 unspecified atom stereocenters. The first-order valence-corrected chi connectivity index (χ1v) is 11.2. The molecule has 1 aromatic rings. The van der Waals surface area contributed by atoms with Gasteiger partial charge < -0.3 is 33.7 Å². The van der Waals surface area contributed by atoms with Crippen LogP contribution in [-0.4, -0.2) is 73.6 Å². The van der Waals surface area contributed by atoms with Gasteiger partial charge in [0.2, 0.25) is 12.2 Å². The molecule has 1 heterocycles. The molecule has 198 valence electrons. The molecular weight excluding hydrogens is 502 g/mol. The molecule has 1 aromatic carbocycles. The molecule has 1 N–H and O–H groups in total. The van der Waals surface area contributed by atoms with Crippen molar-refractivity contribution < 1.29 is 52.4 Å². The number of hydrogen-bond donors (Lipinski definition) is 1. The number of rotatable bonds is 9. The third-order valence-corrected chi connectivity index (χ3v) is 5.04. The molecule has 12 nitrogen and oxygen atoms in total. The number of aryl methyl sites for hydroxylation is 1. The number of amides is 1. The summed E-state index contributed by atoms with van der Waals surface area (Å²) < 4.78 is 32.2. The molecule has 0 aliphatic carbocycles. The quantitative estimate of drug-likeness (QED) is 0.363. The van der Waals surface area contributed by atoms with Crippen LogP contribution in [0.5, 0.6) is 5.75 Å². The zero-order valence-corrected chi connectivity index (χ0v) is 21.2. The third kappa shape index (κ3) is 8.68. The normalized spacial score (nSPS) is 23.1. The van der Waals surface area contributed by atoms with E-state index in [1.54, 1.807) is 25.1 Å². The number of carbonyl (C=O) groups excluding carboxylic acids is 5. The minimum Gasteiger partial charge on any atom is -0.482 e. The van der Waals surface area contributed by atoms with Crippen LogP contribution in [0.3, 0.4) is 0 Å². The molecule has 1 aliphatic heterocycles. The summed E-state index contributed by atoms with van der Waals surface area (Å²) in [4.78, 5) is 59.5. The lowest BCUT2D eigenvalue weighted by molar-refractivity contribution is -0.272. The molecule has 0 bridgehead atoms. The molecule has 36 heavy (non-hydrogen) atoms. The van der Waals surface area contributed by atoms with Crippen molar-refractivity contribution in [2.45, 2.75) is 65.3 Å². The average Bonchev–Trinajstić information content (AvgIpc) is 2.75. The zero-order chi connectivity index (χ0) is 27.0. The van der Waals surface area contributed by atoms with Gasteiger partial charge in [-0.3, -0.25) is 19.2 Å². The van der Waals surface area contributed by atoms with E-state index in [0.717, 1.165) is 20.8 Å². The number of hydrogen-bond acceptors (Lipinski definition) is 11. The predicted molar refractivity (Wildman–Crippen MR) is 122 cm³/mol. The topological polar surface area (TPSA) is 153 Å². The second-order valence-corrected chi connectivity index (χ2v) is 8.34. The van der Waals surface area contributed by atoms with Crippen LogP contribution in [0.15, 0.2) is 18.2 Å². The third-order valence-electron chi connectivity index (χ3n) is 4.80.